The van der Waals surface area contributed by atoms with E-state index in [4.69, 9.17) is 0 Å². The summed E-state index contributed by atoms with van der Waals surface area (Å²) in [5.74, 6) is -2.41. The van der Waals surface area contributed by atoms with Gasteiger partial charge in [-0.1, -0.05) is 20.3 Å². The van der Waals surface area contributed by atoms with Crippen LogP contribution in [0.2, 0.25) is 0 Å². The standard InChI is InChI=1S/C14H24F2N2O.ClH/c1-10(2)6-13(4-3-5-13)8-18-12(19)11-7-14(15,16)9-17-11;/h10-11,17H,3-9H2,1-2H3,(H,18,19);1H. The van der Waals surface area contributed by atoms with Crippen LogP contribution in [-0.2, 0) is 4.79 Å². The lowest BCUT2D eigenvalue weighted by molar-refractivity contribution is -0.124. The van der Waals surface area contributed by atoms with Crippen molar-refractivity contribution >= 4 is 18.3 Å². The number of carbonyl (C=O) groups is 1. The molecule has 3 nitrogen and oxygen atoms in total. The SMILES string of the molecule is CC(C)CC1(CNC(=O)C2CC(F)(F)CN2)CCC1.Cl. The number of alkyl halides is 2. The average molecular weight is 311 g/mol. The molecule has 1 saturated carbocycles. The Labute approximate surface area is 125 Å². The lowest BCUT2D eigenvalue weighted by atomic mass is 9.64. The maximum atomic E-state index is 13.0. The number of hydrogen-bond acceptors (Lipinski definition) is 2. The molecule has 0 aromatic carbocycles. The molecule has 0 spiro atoms. The third-order valence-electron chi connectivity index (χ3n) is 4.32. The van der Waals surface area contributed by atoms with Crippen molar-refractivity contribution in [3.63, 3.8) is 0 Å². The van der Waals surface area contributed by atoms with Gasteiger partial charge in [-0.2, -0.15) is 0 Å². The van der Waals surface area contributed by atoms with Crippen molar-refractivity contribution in [3.05, 3.63) is 0 Å². The van der Waals surface area contributed by atoms with Crippen molar-refractivity contribution in [2.75, 3.05) is 13.1 Å². The van der Waals surface area contributed by atoms with Crippen molar-refractivity contribution in [2.24, 2.45) is 11.3 Å². The van der Waals surface area contributed by atoms with Crippen molar-refractivity contribution < 1.29 is 13.6 Å². The van der Waals surface area contributed by atoms with Crippen LogP contribution in [0.25, 0.3) is 0 Å². The highest BCUT2D eigenvalue weighted by molar-refractivity contribution is 5.85. The van der Waals surface area contributed by atoms with Gasteiger partial charge in [0, 0.05) is 13.0 Å². The topological polar surface area (TPSA) is 41.1 Å². The summed E-state index contributed by atoms with van der Waals surface area (Å²) in [4.78, 5) is 11.9. The minimum Gasteiger partial charge on any atom is -0.354 e. The Morgan fingerprint density at radius 1 is 1.40 bits per heavy atom. The highest BCUT2D eigenvalue weighted by atomic mass is 35.5. The van der Waals surface area contributed by atoms with E-state index in [0.717, 1.165) is 19.3 Å². The summed E-state index contributed by atoms with van der Waals surface area (Å²) >= 11 is 0. The first-order valence-corrected chi connectivity index (χ1v) is 7.21. The Bertz CT molecular complexity index is 346. The second kappa shape index (κ2) is 6.56. The van der Waals surface area contributed by atoms with Gasteiger partial charge in [-0.15, -0.1) is 12.4 Å². The number of hydrogen-bond donors (Lipinski definition) is 2. The minimum absolute atomic E-state index is 0. The molecular weight excluding hydrogens is 286 g/mol. The predicted molar refractivity (Wildman–Crippen MR) is 77.4 cm³/mol. The zero-order valence-electron chi connectivity index (χ0n) is 12.2. The second-order valence-corrected chi connectivity index (χ2v) is 6.66. The van der Waals surface area contributed by atoms with Crippen LogP contribution in [-0.4, -0.2) is 31.0 Å². The Hall–Kier alpha value is -0.420. The molecule has 2 N–H and O–H groups in total. The van der Waals surface area contributed by atoms with Gasteiger partial charge >= 0.3 is 0 Å². The van der Waals surface area contributed by atoms with Gasteiger partial charge < -0.3 is 5.32 Å². The molecule has 6 heteroatoms. The normalized spacial score (nSPS) is 26.8. The van der Waals surface area contributed by atoms with E-state index in [2.05, 4.69) is 24.5 Å². The molecule has 1 heterocycles. The van der Waals surface area contributed by atoms with Gasteiger partial charge in [-0.3, -0.25) is 10.1 Å². The molecule has 0 aromatic heterocycles. The van der Waals surface area contributed by atoms with Crippen molar-refractivity contribution in [2.45, 2.75) is 57.9 Å². The Morgan fingerprint density at radius 3 is 2.45 bits per heavy atom. The second-order valence-electron chi connectivity index (χ2n) is 6.66. The van der Waals surface area contributed by atoms with E-state index >= 15 is 0 Å². The molecule has 1 atom stereocenters. The zero-order valence-corrected chi connectivity index (χ0v) is 13.0. The van der Waals surface area contributed by atoms with E-state index in [1.54, 1.807) is 0 Å². The fourth-order valence-corrected chi connectivity index (χ4v) is 3.29. The molecule has 2 fully saturated rings. The van der Waals surface area contributed by atoms with E-state index in [1.165, 1.54) is 6.42 Å². The molecule has 1 unspecified atom stereocenters. The van der Waals surface area contributed by atoms with Crippen LogP contribution in [0.5, 0.6) is 0 Å². The molecule has 0 bridgehead atoms. The number of amides is 1. The lowest BCUT2D eigenvalue weighted by Gasteiger charge is -2.43. The van der Waals surface area contributed by atoms with E-state index in [9.17, 15) is 13.6 Å². The quantitative estimate of drug-likeness (QED) is 0.820. The molecule has 0 aromatic rings. The molecule has 118 valence electrons. The summed E-state index contributed by atoms with van der Waals surface area (Å²) in [7, 11) is 0. The first-order chi connectivity index (χ1) is 8.82. The largest absolute Gasteiger partial charge is 0.354 e. The number of nitrogens with one attached hydrogen (secondary N) is 2. The monoisotopic (exact) mass is 310 g/mol. The van der Waals surface area contributed by atoms with Gasteiger partial charge in [-0.05, 0) is 30.6 Å². The molecule has 2 rings (SSSR count). The van der Waals surface area contributed by atoms with E-state index < -0.39 is 12.0 Å². The van der Waals surface area contributed by atoms with Crippen LogP contribution in [0, 0.1) is 11.3 Å². The highest BCUT2D eigenvalue weighted by Crippen LogP contribution is 2.45. The first kappa shape index (κ1) is 17.6. The van der Waals surface area contributed by atoms with Gasteiger partial charge in [0.2, 0.25) is 5.91 Å². The van der Waals surface area contributed by atoms with E-state index in [1.807, 2.05) is 0 Å². The third-order valence-corrected chi connectivity index (χ3v) is 4.32. The molecule has 0 radical (unpaired) electrons. The molecular formula is C14H25ClF2N2O. The number of rotatable bonds is 5. The summed E-state index contributed by atoms with van der Waals surface area (Å²) < 4.78 is 26.1. The molecule has 2 aliphatic rings. The third kappa shape index (κ3) is 4.29. The summed E-state index contributed by atoms with van der Waals surface area (Å²) in [5, 5.41) is 5.47. The summed E-state index contributed by atoms with van der Waals surface area (Å²) in [6.07, 6.45) is 4.21. The fourth-order valence-electron chi connectivity index (χ4n) is 3.29. The summed E-state index contributed by atoms with van der Waals surface area (Å²) in [5.41, 5.74) is 0.213. The van der Waals surface area contributed by atoms with Crippen molar-refractivity contribution in [1.82, 2.24) is 10.6 Å². The molecule has 20 heavy (non-hydrogen) atoms. The van der Waals surface area contributed by atoms with Crippen LogP contribution in [0.3, 0.4) is 0 Å². The Morgan fingerprint density at radius 2 is 2.05 bits per heavy atom. The van der Waals surface area contributed by atoms with Crippen LogP contribution < -0.4 is 10.6 Å². The van der Waals surface area contributed by atoms with Gasteiger partial charge in [0.25, 0.3) is 5.92 Å². The Kier molecular flexibility index (Phi) is 5.79. The van der Waals surface area contributed by atoms with Gasteiger partial charge in [-0.25, -0.2) is 8.78 Å². The van der Waals surface area contributed by atoms with Crippen molar-refractivity contribution in [1.29, 1.82) is 0 Å². The van der Waals surface area contributed by atoms with E-state index in [-0.39, 0.29) is 36.7 Å². The van der Waals surface area contributed by atoms with Crippen LogP contribution in [0.1, 0.15) is 46.0 Å². The summed E-state index contributed by atoms with van der Waals surface area (Å²) in [6.45, 7) is 4.61. The zero-order chi connectivity index (χ0) is 14.1. The maximum Gasteiger partial charge on any atom is 0.262 e. The van der Waals surface area contributed by atoms with Gasteiger partial charge in [0.1, 0.15) is 0 Å². The summed E-state index contributed by atoms with van der Waals surface area (Å²) in [6, 6.07) is -0.730. The lowest BCUT2D eigenvalue weighted by Crippen LogP contribution is -2.47. The maximum absolute atomic E-state index is 13.0. The number of carbonyl (C=O) groups excluding carboxylic acids is 1. The van der Waals surface area contributed by atoms with Crippen LogP contribution >= 0.6 is 12.4 Å². The van der Waals surface area contributed by atoms with Gasteiger partial charge in [0.05, 0.1) is 12.6 Å². The molecule has 1 aliphatic carbocycles. The minimum atomic E-state index is -2.74. The molecule has 1 saturated heterocycles. The first-order valence-electron chi connectivity index (χ1n) is 7.21. The predicted octanol–water partition coefficient (Wildman–Crippen LogP) is 2.74. The van der Waals surface area contributed by atoms with Crippen LogP contribution in [0.4, 0.5) is 8.78 Å². The smallest absolute Gasteiger partial charge is 0.262 e. The number of halogens is 3. The molecule has 1 amide bonds. The van der Waals surface area contributed by atoms with Crippen molar-refractivity contribution in [3.8, 4) is 0 Å². The van der Waals surface area contributed by atoms with Crippen LogP contribution in [0.15, 0.2) is 0 Å². The highest BCUT2D eigenvalue weighted by Gasteiger charge is 2.43. The Balaban J connectivity index is 0.00000200. The van der Waals surface area contributed by atoms with E-state index in [0.29, 0.717) is 12.5 Å². The molecule has 1 aliphatic heterocycles. The fraction of sp³-hybridized carbons (Fsp3) is 0.929. The average Bonchev–Trinajstić information content (AvgIpc) is 2.62. The van der Waals surface area contributed by atoms with Gasteiger partial charge in [0.15, 0.2) is 0 Å².